The second-order valence-electron chi connectivity index (χ2n) is 2.25. The number of carbonyl (C=O) groups is 1. The molecule has 54 valence electrons. The molecule has 1 atom stereocenters. The number of hydrogen-bond acceptors (Lipinski definition) is 3. The van der Waals surface area contributed by atoms with E-state index >= 15 is 0 Å². The van der Waals surface area contributed by atoms with Crippen LogP contribution < -0.4 is 10.6 Å². The van der Waals surface area contributed by atoms with E-state index in [1.807, 2.05) is 0 Å². The summed E-state index contributed by atoms with van der Waals surface area (Å²) >= 11 is 0. The SMILES string of the molecule is N#CNC(=O)[C@@H]1CCCN1. The first-order valence-corrected chi connectivity index (χ1v) is 3.27. The molecule has 1 saturated heterocycles. The first kappa shape index (κ1) is 7.03. The number of amides is 1. The van der Waals surface area contributed by atoms with Crippen LogP contribution in [-0.2, 0) is 4.79 Å². The van der Waals surface area contributed by atoms with Gasteiger partial charge in [0.05, 0.1) is 6.04 Å². The van der Waals surface area contributed by atoms with Crippen LogP contribution in [0.3, 0.4) is 0 Å². The quantitative estimate of drug-likeness (QED) is 0.374. The molecule has 0 unspecified atom stereocenters. The van der Waals surface area contributed by atoms with E-state index in [4.69, 9.17) is 5.26 Å². The Morgan fingerprint density at radius 2 is 2.60 bits per heavy atom. The minimum atomic E-state index is -0.208. The molecule has 2 N–H and O–H groups in total. The highest BCUT2D eigenvalue weighted by molar-refractivity contribution is 5.83. The predicted octanol–water partition coefficient (Wildman–Crippen LogP) is -0.664. The average Bonchev–Trinajstić information content (AvgIpc) is 2.38. The summed E-state index contributed by atoms with van der Waals surface area (Å²) in [5, 5.41) is 13.2. The maximum absolute atomic E-state index is 10.8. The molecule has 0 bridgehead atoms. The molecule has 1 heterocycles. The van der Waals surface area contributed by atoms with Crippen molar-refractivity contribution in [3.05, 3.63) is 0 Å². The average molecular weight is 139 g/mol. The number of carbonyl (C=O) groups excluding carboxylic acids is 1. The summed E-state index contributed by atoms with van der Waals surface area (Å²) in [6, 6.07) is -0.139. The largest absolute Gasteiger partial charge is 0.306 e. The molecule has 0 saturated carbocycles. The van der Waals surface area contributed by atoms with Crippen molar-refractivity contribution < 1.29 is 4.79 Å². The molecule has 10 heavy (non-hydrogen) atoms. The van der Waals surface area contributed by atoms with Crippen LogP contribution in [0.5, 0.6) is 0 Å². The van der Waals surface area contributed by atoms with Crippen LogP contribution in [0.4, 0.5) is 0 Å². The third-order valence-electron chi connectivity index (χ3n) is 1.56. The van der Waals surface area contributed by atoms with Crippen LogP contribution in [0.1, 0.15) is 12.8 Å². The summed E-state index contributed by atoms with van der Waals surface area (Å²) in [7, 11) is 0. The molecule has 4 nitrogen and oxygen atoms in total. The zero-order chi connectivity index (χ0) is 7.40. The molecule has 0 radical (unpaired) electrons. The number of rotatable bonds is 1. The van der Waals surface area contributed by atoms with Crippen molar-refractivity contribution in [3.63, 3.8) is 0 Å². The van der Waals surface area contributed by atoms with E-state index in [-0.39, 0.29) is 11.9 Å². The van der Waals surface area contributed by atoms with Gasteiger partial charge in [-0.2, -0.15) is 5.26 Å². The van der Waals surface area contributed by atoms with Gasteiger partial charge in [0.1, 0.15) is 0 Å². The van der Waals surface area contributed by atoms with Crippen LogP contribution in [0.15, 0.2) is 0 Å². The molecule has 1 rings (SSSR count). The van der Waals surface area contributed by atoms with E-state index in [0.29, 0.717) is 0 Å². The molecule has 0 spiro atoms. The molecule has 1 amide bonds. The van der Waals surface area contributed by atoms with E-state index in [1.54, 1.807) is 6.19 Å². The Morgan fingerprint density at radius 3 is 3.10 bits per heavy atom. The highest BCUT2D eigenvalue weighted by atomic mass is 16.2. The van der Waals surface area contributed by atoms with Crippen molar-refractivity contribution in [1.29, 1.82) is 5.26 Å². The Kier molecular flexibility index (Phi) is 2.24. The Labute approximate surface area is 59.2 Å². The summed E-state index contributed by atoms with van der Waals surface area (Å²) in [6.07, 6.45) is 3.46. The van der Waals surface area contributed by atoms with Crippen molar-refractivity contribution in [2.24, 2.45) is 0 Å². The van der Waals surface area contributed by atoms with Crippen molar-refractivity contribution in [1.82, 2.24) is 10.6 Å². The lowest BCUT2D eigenvalue weighted by atomic mass is 10.2. The molecule has 0 aromatic heterocycles. The van der Waals surface area contributed by atoms with Gasteiger partial charge < -0.3 is 5.32 Å². The molecule has 1 aliphatic heterocycles. The van der Waals surface area contributed by atoms with Crippen LogP contribution >= 0.6 is 0 Å². The van der Waals surface area contributed by atoms with E-state index in [2.05, 4.69) is 10.6 Å². The highest BCUT2D eigenvalue weighted by Crippen LogP contribution is 2.03. The van der Waals surface area contributed by atoms with E-state index in [0.717, 1.165) is 19.4 Å². The normalized spacial score (nSPS) is 23.7. The molecule has 0 aliphatic carbocycles. The minimum absolute atomic E-state index is 0.139. The van der Waals surface area contributed by atoms with Gasteiger partial charge in [-0.1, -0.05) is 0 Å². The van der Waals surface area contributed by atoms with E-state index in [1.165, 1.54) is 0 Å². The Hall–Kier alpha value is -1.08. The molecular weight excluding hydrogens is 130 g/mol. The van der Waals surface area contributed by atoms with Crippen LogP contribution in [-0.4, -0.2) is 18.5 Å². The maximum atomic E-state index is 10.8. The van der Waals surface area contributed by atoms with Gasteiger partial charge in [0.25, 0.3) is 0 Å². The molecule has 1 fully saturated rings. The van der Waals surface area contributed by atoms with Crippen LogP contribution in [0.25, 0.3) is 0 Å². The van der Waals surface area contributed by atoms with Crippen molar-refractivity contribution >= 4 is 5.91 Å². The third kappa shape index (κ3) is 1.45. The van der Waals surface area contributed by atoms with Gasteiger partial charge in [-0.3, -0.25) is 10.1 Å². The zero-order valence-corrected chi connectivity index (χ0v) is 5.55. The zero-order valence-electron chi connectivity index (χ0n) is 5.55. The summed E-state index contributed by atoms with van der Waals surface area (Å²) < 4.78 is 0. The Morgan fingerprint density at radius 1 is 1.80 bits per heavy atom. The first-order valence-electron chi connectivity index (χ1n) is 3.27. The molecule has 4 heteroatoms. The van der Waals surface area contributed by atoms with Gasteiger partial charge in [0, 0.05) is 0 Å². The fraction of sp³-hybridized carbons (Fsp3) is 0.667. The van der Waals surface area contributed by atoms with Gasteiger partial charge in [-0.05, 0) is 19.4 Å². The number of hydrogen-bond donors (Lipinski definition) is 2. The maximum Gasteiger partial charge on any atom is 0.250 e. The van der Waals surface area contributed by atoms with Gasteiger partial charge in [0.2, 0.25) is 5.91 Å². The van der Waals surface area contributed by atoms with Crippen molar-refractivity contribution in [2.45, 2.75) is 18.9 Å². The summed E-state index contributed by atoms with van der Waals surface area (Å²) in [6.45, 7) is 0.878. The smallest absolute Gasteiger partial charge is 0.250 e. The summed E-state index contributed by atoms with van der Waals surface area (Å²) in [5.41, 5.74) is 0. The second kappa shape index (κ2) is 3.18. The van der Waals surface area contributed by atoms with Crippen molar-refractivity contribution in [2.75, 3.05) is 6.54 Å². The van der Waals surface area contributed by atoms with Gasteiger partial charge in [-0.15, -0.1) is 0 Å². The lowest BCUT2D eigenvalue weighted by Crippen LogP contribution is -2.38. The fourth-order valence-corrected chi connectivity index (χ4v) is 1.05. The topological polar surface area (TPSA) is 64.9 Å². The lowest BCUT2D eigenvalue weighted by molar-refractivity contribution is -0.121. The number of nitrogens with zero attached hydrogens (tertiary/aromatic N) is 1. The minimum Gasteiger partial charge on any atom is -0.306 e. The lowest BCUT2D eigenvalue weighted by Gasteiger charge is -2.04. The van der Waals surface area contributed by atoms with E-state index in [9.17, 15) is 4.79 Å². The predicted molar refractivity (Wildman–Crippen MR) is 34.8 cm³/mol. The van der Waals surface area contributed by atoms with Crippen LogP contribution in [0.2, 0.25) is 0 Å². The van der Waals surface area contributed by atoms with Crippen molar-refractivity contribution in [3.8, 4) is 6.19 Å². The molecular formula is C6H9N3O. The number of nitriles is 1. The summed E-state index contributed by atoms with van der Waals surface area (Å²) in [4.78, 5) is 10.8. The van der Waals surface area contributed by atoms with Crippen LogP contribution in [0, 0.1) is 11.5 Å². The molecule has 0 aromatic carbocycles. The Balaban J connectivity index is 2.34. The summed E-state index contributed by atoms with van der Waals surface area (Å²) in [5.74, 6) is -0.208. The third-order valence-corrected chi connectivity index (χ3v) is 1.56. The monoisotopic (exact) mass is 139 g/mol. The van der Waals surface area contributed by atoms with Gasteiger partial charge >= 0.3 is 0 Å². The molecule has 1 aliphatic rings. The first-order chi connectivity index (χ1) is 4.84. The van der Waals surface area contributed by atoms with E-state index < -0.39 is 0 Å². The molecule has 0 aromatic rings. The van der Waals surface area contributed by atoms with Gasteiger partial charge in [0.15, 0.2) is 6.19 Å². The number of nitrogens with one attached hydrogen (secondary N) is 2. The second-order valence-corrected chi connectivity index (χ2v) is 2.25. The standard InChI is InChI=1S/C6H9N3O/c7-4-9-6(10)5-2-1-3-8-5/h5,8H,1-3H2,(H,9,10)/t5-/m0/s1. The van der Waals surface area contributed by atoms with Gasteiger partial charge in [-0.25, -0.2) is 0 Å². The fourth-order valence-electron chi connectivity index (χ4n) is 1.05. The Bertz CT molecular complexity index is 166. The highest BCUT2D eigenvalue weighted by Gasteiger charge is 2.20.